The van der Waals surface area contributed by atoms with Crippen LogP contribution in [0.2, 0.25) is 0 Å². The normalized spacial score (nSPS) is 29.8. The van der Waals surface area contributed by atoms with Gasteiger partial charge in [0.2, 0.25) is 0 Å². The predicted molar refractivity (Wildman–Crippen MR) is 33.3 cm³/mol. The van der Waals surface area contributed by atoms with Gasteiger partial charge in [0.25, 0.3) is 0 Å². The van der Waals surface area contributed by atoms with E-state index in [4.69, 9.17) is 5.11 Å². The summed E-state index contributed by atoms with van der Waals surface area (Å²) < 4.78 is 25.3. The van der Waals surface area contributed by atoms with Crippen LogP contribution < -0.4 is 5.32 Å². The Bertz CT molecular complexity index is 172. The van der Waals surface area contributed by atoms with Crippen molar-refractivity contribution in [1.82, 2.24) is 5.32 Å². The summed E-state index contributed by atoms with van der Waals surface area (Å²) in [5.41, 5.74) is 0. The molecule has 0 aromatic heterocycles. The molecule has 1 rings (SSSR count). The van der Waals surface area contributed by atoms with Crippen molar-refractivity contribution < 1.29 is 18.7 Å². The lowest BCUT2D eigenvalue weighted by molar-refractivity contribution is -0.166. The van der Waals surface area contributed by atoms with E-state index in [1.54, 1.807) is 0 Å². The zero-order valence-corrected chi connectivity index (χ0v) is 5.81. The highest BCUT2D eigenvalue weighted by Crippen LogP contribution is 2.29. The van der Waals surface area contributed by atoms with Crippen molar-refractivity contribution in [2.45, 2.75) is 18.9 Å². The van der Waals surface area contributed by atoms with E-state index < -0.39 is 17.9 Å². The lowest BCUT2D eigenvalue weighted by Crippen LogP contribution is -2.50. The molecule has 3 nitrogen and oxygen atoms in total. The lowest BCUT2D eigenvalue weighted by atomic mass is 9.97. The first-order chi connectivity index (χ1) is 5.04. The number of alkyl halides is 2. The van der Waals surface area contributed by atoms with E-state index in [9.17, 15) is 13.6 Å². The van der Waals surface area contributed by atoms with Crippen molar-refractivity contribution >= 4 is 5.97 Å². The molecule has 1 aliphatic rings. The Balaban J connectivity index is 2.67. The maximum atomic E-state index is 12.6. The summed E-state index contributed by atoms with van der Waals surface area (Å²) in [5, 5.41) is 10.2. The highest BCUT2D eigenvalue weighted by atomic mass is 19.3. The molecular formula is C6H9F2NO2. The van der Waals surface area contributed by atoms with Crippen LogP contribution in [-0.4, -0.2) is 23.7 Å². The molecule has 0 amide bonds. The molecule has 0 aromatic rings. The summed E-state index contributed by atoms with van der Waals surface area (Å²) in [6.45, 7) is 0.191. The van der Waals surface area contributed by atoms with Crippen LogP contribution in [0.4, 0.5) is 8.78 Å². The van der Waals surface area contributed by atoms with Gasteiger partial charge in [-0.3, -0.25) is 10.1 Å². The van der Waals surface area contributed by atoms with E-state index in [1.165, 1.54) is 0 Å². The van der Waals surface area contributed by atoms with Gasteiger partial charge >= 0.3 is 12.0 Å². The van der Waals surface area contributed by atoms with Crippen molar-refractivity contribution in [2.75, 3.05) is 6.54 Å². The van der Waals surface area contributed by atoms with E-state index in [-0.39, 0.29) is 13.0 Å². The highest BCUT2D eigenvalue weighted by Gasteiger charge is 2.45. The number of halogens is 2. The molecule has 0 saturated carbocycles. The number of hydrogen-bond donors (Lipinski definition) is 2. The standard InChI is InChI=1S/C6H9F2NO2/c7-6(8)4(5(10)11)2-1-3-9-6/h4,9H,1-3H2,(H,10,11)/t4-/m1/s1. The molecule has 0 aromatic carbocycles. The number of hydrogen-bond acceptors (Lipinski definition) is 2. The second-order valence-electron chi connectivity index (χ2n) is 2.58. The van der Waals surface area contributed by atoms with Crippen LogP contribution in [0.1, 0.15) is 12.8 Å². The number of rotatable bonds is 1. The molecule has 0 radical (unpaired) electrons. The number of carboxylic acids is 1. The largest absolute Gasteiger partial charge is 0.481 e. The number of carbonyl (C=O) groups is 1. The molecule has 64 valence electrons. The molecule has 2 N–H and O–H groups in total. The minimum atomic E-state index is -3.23. The fourth-order valence-corrected chi connectivity index (χ4v) is 1.14. The van der Waals surface area contributed by atoms with Gasteiger partial charge in [-0.05, 0) is 12.8 Å². The molecule has 1 atom stereocenters. The SMILES string of the molecule is O=C(O)[C@H]1CCCNC1(F)F. The number of nitrogens with one attached hydrogen (secondary N) is 1. The topological polar surface area (TPSA) is 49.3 Å². The van der Waals surface area contributed by atoms with Crippen molar-refractivity contribution in [3.63, 3.8) is 0 Å². The average molecular weight is 165 g/mol. The van der Waals surface area contributed by atoms with Crippen LogP contribution in [0.5, 0.6) is 0 Å². The molecule has 5 heteroatoms. The summed E-state index contributed by atoms with van der Waals surface area (Å²) in [4.78, 5) is 10.2. The van der Waals surface area contributed by atoms with E-state index in [1.807, 2.05) is 5.32 Å². The first kappa shape index (κ1) is 8.39. The number of carboxylic acid groups (broad SMARTS) is 1. The monoisotopic (exact) mass is 165 g/mol. The van der Waals surface area contributed by atoms with Gasteiger partial charge in [-0.25, -0.2) is 0 Å². The quantitative estimate of drug-likeness (QED) is 0.561. The van der Waals surface area contributed by atoms with Gasteiger partial charge in [-0.1, -0.05) is 0 Å². The molecule has 0 spiro atoms. The third kappa shape index (κ3) is 1.65. The van der Waals surface area contributed by atoms with E-state index in [0.29, 0.717) is 6.42 Å². The smallest absolute Gasteiger partial charge is 0.315 e. The Morgan fingerprint density at radius 2 is 2.27 bits per heavy atom. The van der Waals surface area contributed by atoms with Gasteiger partial charge in [-0.2, -0.15) is 8.78 Å². The molecule has 1 fully saturated rings. The predicted octanol–water partition coefficient (Wildman–Crippen LogP) is 0.663. The molecule has 11 heavy (non-hydrogen) atoms. The third-order valence-corrected chi connectivity index (χ3v) is 1.77. The van der Waals surface area contributed by atoms with E-state index in [0.717, 1.165) is 0 Å². The van der Waals surface area contributed by atoms with Crippen LogP contribution in [0.15, 0.2) is 0 Å². The molecule has 1 saturated heterocycles. The molecule has 1 aliphatic heterocycles. The van der Waals surface area contributed by atoms with E-state index >= 15 is 0 Å². The van der Waals surface area contributed by atoms with Crippen molar-refractivity contribution in [1.29, 1.82) is 0 Å². The number of piperidine rings is 1. The fourth-order valence-electron chi connectivity index (χ4n) is 1.14. The maximum absolute atomic E-state index is 12.6. The first-order valence-corrected chi connectivity index (χ1v) is 3.39. The van der Waals surface area contributed by atoms with Crippen molar-refractivity contribution in [3.05, 3.63) is 0 Å². The van der Waals surface area contributed by atoms with Crippen LogP contribution >= 0.6 is 0 Å². The third-order valence-electron chi connectivity index (χ3n) is 1.77. The molecule has 0 bridgehead atoms. The van der Waals surface area contributed by atoms with Gasteiger partial charge in [0.1, 0.15) is 5.92 Å². The van der Waals surface area contributed by atoms with Crippen LogP contribution in [0.3, 0.4) is 0 Å². The average Bonchev–Trinajstić information content (AvgIpc) is 1.85. The maximum Gasteiger partial charge on any atom is 0.315 e. The minimum Gasteiger partial charge on any atom is -0.481 e. The first-order valence-electron chi connectivity index (χ1n) is 3.39. The zero-order chi connectivity index (χ0) is 8.48. The summed E-state index contributed by atoms with van der Waals surface area (Å²) in [6, 6.07) is -3.23. The summed E-state index contributed by atoms with van der Waals surface area (Å²) in [5.74, 6) is -2.99. The molecular weight excluding hydrogens is 156 g/mol. The molecule has 0 aliphatic carbocycles. The Morgan fingerprint density at radius 1 is 1.64 bits per heavy atom. The van der Waals surface area contributed by atoms with Crippen LogP contribution in [-0.2, 0) is 4.79 Å². The van der Waals surface area contributed by atoms with Gasteiger partial charge in [0.15, 0.2) is 0 Å². The molecule has 0 unspecified atom stereocenters. The van der Waals surface area contributed by atoms with E-state index in [2.05, 4.69) is 0 Å². The van der Waals surface area contributed by atoms with Crippen molar-refractivity contribution in [3.8, 4) is 0 Å². The summed E-state index contributed by atoms with van der Waals surface area (Å²) in [7, 11) is 0. The Morgan fingerprint density at radius 3 is 2.64 bits per heavy atom. The van der Waals surface area contributed by atoms with Crippen molar-refractivity contribution in [2.24, 2.45) is 5.92 Å². The molecule has 1 heterocycles. The van der Waals surface area contributed by atoms with Crippen LogP contribution in [0.25, 0.3) is 0 Å². The Hall–Kier alpha value is -0.710. The van der Waals surface area contributed by atoms with Gasteiger partial charge < -0.3 is 5.11 Å². The zero-order valence-electron chi connectivity index (χ0n) is 5.81. The number of aliphatic carboxylic acids is 1. The summed E-state index contributed by atoms with van der Waals surface area (Å²) in [6.07, 6.45) is 0.544. The van der Waals surface area contributed by atoms with Gasteiger partial charge in [0.05, 0.1) is 0 Å². The Kier molecular flexibility index (Phi) is 2.08. The second kappa shape index (κ2) is 2.73. The fraction of sp³-hybridized carbons (Fsp3) is 0.833. The second-order valence-corrected chi connectivity index (χ2v) is 2.58. The van der Waals surface area contributed by atoms with Gasteiger partial charge in [0, 0.05) is 6.54 Å². The highest BCUT2D eigenvalue weighted by molar-refractivity contribution is 5.71. The summed E-state index contributed by atoms with van der Waals surface area (Å²) >= 11 is 0. The van der Waals surface area contributed by atoms with Gasteiger partial charge in [-0.15, -0.1) is 0 Å². The Labute approximate surface area is 62.4 Å². The minimum absolute atomic E-state index is 0.0509. The van der Waals surface area contributed by atoms with Crippen LogP contribution in [0, 0.1) is 5.92 Å². The lowest BCUT2D eigenvalue weighted by Gasteiger charge is -2.28.